The first-order chi connectivity index (χ1) is 7.89. The monoisotopic (exact) mass is 276 g/mol. The molecule has 4 nitrogen and oxygen atoms in total. The molecule has 0 atom stereocenters. The van der Waals surface area contributed by atoms with Gasteiger partial charge in [0, 0.05) is 0 Å². The van der Waals surface area contributed by atoms with Gasteiger partial charge in [-0.05, 0) is 13.8 Å². The van der Waals surface area contributed by atoms with Crippen molar-refractivity contribution in [2.45, 2.75) is 26.4 Å². The molecular formula is C8H6F6N2O2. The summed E-state index contributed by atoms with van der Waals surface area (Å²) in [4.78, 5) is 22.5. The van der Waals surface area contributed by atoms with Gasteiger partial charge in [-0.1, -0.05) is 5.57 Å². The highest BCUT2D eigenvalue weighted by Crippen LogP contribution is 2.38. The first-order valence-corrected chi connectivity index (χ1v) is 4.39. The third-order valence-electron chi connectivity index (χ3n) is 1.99. The van der Waals surface area contributed by atoms with E-state index in [1.54, 1.807) is 0 Å². The Morgan fingerprint density at radius 2 is 1.11 bits per heavy atom. The maximum absolute atomic E-state index is 12.4. The van der Waals surface area contributed by atoms with E-state index in [9.17, 15) is 35.9 Å². The van der Waals surface area contributed by atoms with Crippen molar-refractivity contribution in [1.82, 2.24) is 10.0 Å². The van der Waals surface area contributed by atoms with Gasteiger partial charge in [-0.25, -0.2) is 0 Å². The molecule has 0 saturated carbocycles. The minimum atomic E-state index is -5.64. The van der Waals surface area contributed by atoms with Crippen LogP contribution >= 0.6 is 0 Å². The largest absolute Gasteiger partial charge is 0.506 e. The van der Waals surface area contributed by atoms with E-state index in [4.69, 9.17) is 0 Å². The molecule has 18 heavy (non-hydrogen) atoms. The minimum Gasteiger partial charge on any atom is -0.267 e. The summed E-state index contributed by atoms with van der Waals surface area (Å²) in [7, 11) is 0. The van der Waals surface area contributed by atoms with Crippen molar-refractivity contribution < 1.29 is 35.9 Å². The average molecular weight is 276 g/mol. The topological polar surface area (TPSA) is 40.6 Å². The zero-order valence-corrected chi connectivity index (χ0v) is 8.98. The summed E-state index contributed by atoms with van der Waals surface area (Å²) in [5, 5.41) is -3.09. The van der Waals surface area contributed by atoms with Crippen molar-refractivity contribution in [2.75, 3.05) is 0 Å². The summed E-state index contributed by atoms with van der Waals surface area (Å²) >= 11 is 0. The average Bonchev–Trinajstić information content (AvgIpc) is 2.35. The van der Waals surface area contributed by atoms with Gasteiger partial charge in [0.15, 0.2) is 0 Å². The van der Waals surface area contributed by atoms with Gasteiger partial charge in [0.1, 0.15) is 5.57 Å². The zero-order valence-electron chi connectivity index (χ0n) is 8.98. The van der Waals surface area contributed by atoms with Crippen LogP contribution in [0.25, 0.3) is 0 Å². The molecule has 0 aromatic rings. The molecule has 102 valence electrons. The van der Waals surface area contributed by atoms with Gasteiger partial charge >= 0.3 is 12.6 Å². The van der Waals surface area contributed by atoms with Crippen LogP contribution in [-0.4, -0.2) is 34.4 Å². The molecule has 10 heteroatoms. The summed E-state index contributed by atoms with van der Waals surface area (Å²) in [5.74, 6) is -4.07. The van der Waals surface area contributed by atoms with Crippen LogP contribution in [0.2, 0.25) is 0 Å². The lowest BCUT2D eigenvalue weighted by Crippen LogP contribution is -2.55. The van der Waals surface area contributed by atoms with E-state index in [1.165, 1.54) is 0 Å². The summed E-state index contributed by atoms with van der Waals surface area (Å²) in [6.45, 7) is 2.14. The number of carbonyl (C=O) groups is 2. The Balaban J connectivity index is 3.45. The van der Waals surface area contributed by atoms with E-state index in [0.717, 1.165) is 13.8 Å². The van der Waals surface area contributed by atoms with Gasteiger partial charge in [-0.2, -0.15) is 0 Å². The van der Waals surface area contributed by atoms with Crippen LogP contribution in [-0.2, 0) is 9.59 Å². The number of hydrogen-bond donors (Lipinski definition) is 0. The van der Waals surface area contributed by atoms with Crippen LogP contribution in [0, 0.1) is 0 Å². The molecule has 0 aromatic carbocycles. The predicted octanol–water partition coefficient (Wildman–Crippen LogP) is 1.95. The van der Waals surface area contributed by atoms with Crippen molar-refractivity contribution in [3.05, 3.63) is 11.1 Å². The molecule has 0 bridgehead atoms. The smallest absolute Gasteiger partial charge is 0.267 e. The molecule has 0 unspecified atom stereocenters. The molecule has 0 spiro atoms. The Hall–Kier alpha value is -1.74. The summed E-state index contributed by atoms with van der Waals surface area (Å²) < 4.78 is 74.3. The molecule has 2 amide bonds. The maximum Gasteiger partial charge on any atom is 0.506 e. The van der Waals surface area contributed by atoms with E-state index in [2.05, 4.69) is 0 Å². The number of halogens is 6. The van der Waals surface area contributed by atoms with Crippen LogP contribution in [0.4, 0.5) is 26.3 Å². The highest BCUT2D eigenvalue weighted by Gasteiger charge is 2.63. The number of amides is 2. The third kappa shape index (κ3) is 2.14. The lowest BCUT2D eigenvalue weighted by Gasteiger charge is -2.29. The standard InChI is InChI=1S/C8H6F6N2O2/c1-3(2)4-5(17)15(7(9,10)11)16(6(4)18)8(12,13)14/h1-2H3. The van der Waals surface area contributed by atoms with Crippen molar-refractivity contribution >= 4 is 11.8 Å². The normalized spacial score (nSPS) is 17.9. The second-order valence-corrected chi connectivity index (χ2v) is 3.54. The fraction of sp³-hybridized carbons (Fsp3) is 0.500. The lowest BCUT2D eigenvalue weighted by molar-refractivity contribution is -0.361. The second kappa shape index (κ2) is 3.89. The number of allylic oxidation sites excluding steroid dienone is 1. The maximum atomic E-state index is 12.4. The predicted molar refractivity (Wildman–Crippen MR) is 44.2 cm³/mol. The molecule has 0 radical (unpaired) electrons. The molecule has 1 rings (SSSR count). The molecule has 0 aromatic heterocycles. The molecule has 1 aliphatic rings. The number of carbonyl (C=O) groups excluding carboxylic acids is 2. The molecule has 0 N–H and O–H groups in total. The molecule has 1 fully saturated rings. The summed E-state index contributed by atoms with van der Waals surface area (Å²) in [5.41, 5.74) is -1.37. The Kier molecular flexibility index (Phi) is 3.09. The van der Waals surface area contributed by atoms with E-state index < -0.39 is 40.0 Å². The second-order valence-electron chi connectivity index (χ2n) is 3.54. The van der Waals surface area contributed by atoms with Crippen LogP contribution in [0.15, 0.2) is 11.1 Å². The quantitative estimate of drug-likeness (QED) is 0.293. The van der Waals surface area contributed by atoms with Gasteiger partial charge < -0.3 is 0 Å². The van der Waals surface area contributed by atoms with E-state index in [1.807, 2.05) is 0 Å². The Labute approximate surface area is 96.4 Å². The van der Waals surface area contributed by atoms with Gasteiger partial charge in [-0.15, -0.1) is 36.4 Å². The third-order valence-corrected chi connectivity index (χ3v) is 1.99. The van der Waals surface area contributed by atoms with Crippen LogP contribution in [0.1, 0.15) is 13.8 Å². The van der Waals surface area contributed by atoms with E-state index >= 15 is 0 Å². The highest BCUT2D eigenvalue weighted by molar-refractivity contribution is 6.23. The Bertz CT molecular complexity index is 398. The van der Waals surface area contributed by atoms with Gasteiger partial charge in [0.2, 0.25) is 0 Å². The SMILES string of the molecule is CC(C)=C1C(=O)N(C(F)(F)F)N(C(F)(F)F)C1=O. The number of alkyl halides is 6. The Morgan fingerprint density at radius 3 is 1.28 bits per heavy atom. The van der Waals surface area contributed by atoms with E-state index in [0.29, 0.717) is 0 Å². The lowest BCUT2D eigenvalue weighted by atomic mass is 10.1. The number of hydrogen-bond acceptors (Lipinski definition) is 2. The van der Waals surface area contributed by atoms with E-state index in [-0.39, 0.29) is 5.57 Å². The Morgan fingerprint density at radius 1 is 0.833 bits per heavy atom. The first kappa shape index (κ1) is 14.3. The van der Waals surface area contributed by atoms with Crippen LogP contribution < -0.4 is 0 Å². The fourth-order valence-corrected chi connectivity index (χ4v) is 1.37. The van der Waals surface area contributed by atoms with Crippen LogP contribution in [0.3, 0.4) is 0 Å². The van der Waals surface area contributed by atoms with Gasteiger partial charge in [0.05, 0.1) is 0 Å². The molecule has 1 heterocycles. The number of hydrazine groups is 1. The van der Waals surface area contributed by atoms with Gasteiger partial charge in [0.25, 0.3) is 11.8 Å². The molecule has 1 aliphatic heterocycles. The van der Waals surface area contributed by atoms with Crippen molar-refractivity contribution in [3.63, 3.8) is 0 Å². The van der Waals surface area contributed by atoms with Crippen LogP contribution in [0.5, 0.6) is 0 Å². The minimum absolute atomic E-state index is 0.231. The number of nitrogens with zero attached hydrogens (tertiary/aromatic N) is 2. The summed E-state index contributed by atoms with van der Waals surface area (Å²) in [6.07, 6.45) is -11.3. The van der Waals surface area contributed by atoms with Crippen molar-refractivity contribution in [2.24, 2.45) is 0 Å². The molecule has 1 saturated heterocycles. The molecular weight excluding hydrogens is 270 g/mol. The summed E-state index contributed by atoms with van der Waals surface area (Å²) in [6, 6.07) is 0. The number of rotatable bonds is 0. The van der Waals surface area contributed by atoms with Crippen molar-refractivity contribution in [1.29, 1.82) is 0 Å². The highest BCUT2D eigenvalue weighted by atomic mass is 19.4. The first-order valence-electron chi connectivity index (χ1n) is 4.39. The molecule has 0 aliphatic carbocycles. The fourth-order valence-electron chi connectivity index (χ4n) is 1.37. The zero-order chi connectivity index (χ0) is 14.5. The van der Waals surface area contributed by atoms with Crippen molar-refractivity contribution in [3.8, 4) is 0 Å². The van der Waals surface area contributed by atoms with Gasteiger partial charge in [-0.3, -0.25) is 9.59 Å².